The van der Waals surface area contributed by atoms with Crippen LogP contribution in [0.4, 0.5) is 5.69 Å². The summed E-state index contributed by atoms with van der Waals surface area (Å²) in [6.07, 6.45) is 0. The van der Waals surface area contributed by atoms with Crippen molar-refractivity contribution in [3.8, 4) is 0 Å². The second-order valence-electron chi connectivity index (χ2n) is 5.88. The van der Waals surface area contributed by atoms with Crippen LogP contribution in [0.15, 0.2) is 42.5 Å². The van der Waals surface area contributed by atoms with E-state index < -0.39 is 0 Å². The first kappa shape index (κ1) is 15.9. The predicted octanol–water partition coefficient (Wildman–Crippen LogP) is 5.54. The fourth-order valence-electron chi connectivity index (χ4n) is 1.93. The molecule has 2 nitrogen and oxygen atoms in total. The van der Waals surface area contributed by atoms with E-state index in [-0.39, 0.29) is 16.3 Å². The van der Waals surface area contributed by atoms with Crippen molar-refractivity contribution in [1.82, 2.24) is 0 Å². The highest BCUT2D eigenvalue weighted by Gasteiger charge is 2.15. The third-order valence-electron chi connectivity index (χ3n) is 3.21. The fraction of sp³-hybridized carbons (Fsp3) is 0.235. The third kappa shape index (κ3) is 3.78. The fourth-order valence-corrected chi connectivity index (χ4v) is 2.32. The lowest BCUT2D eigenvalue weighted by Crippen LogP contribution is -2.14. The maximum absolute atomic E-state index is 12.2. The molecular formula is C17H17Cl2NO. The standard InChI is InChI=1S/C17H17Cl2NO/c1-17(2,3)11-7-9-12(10-8-11)20-16(21)13-5-4-6-14(18)15(13)19/h4-10H,1-3H3,(H,20,21). The highest BCUT2D eigenvalue weighted by Crippen LogP contribution is 2.27. The summed E-state index contributed by atoms with van der Waals surface area (Å²) in [4.78, 5) is 12.2. The molecule has 2 rings (SSSR count). The maximum atomic E-state index is 12.2. The Morgan fingerprint density at radius 3 is 2.19 bits per heavy atom. The van der Waals surface area contributed by atoms with E-state index in [1.165, 1.54) is 5.56 Å². The number of carbonyl (C=O) groups is 1. The van der Waals surface area contributed by atoms with Crippen LogP contribution in [0.5, 0.6) is 0 Å². The Kier molecular flexibility index (Phi) is 4.60. The Hall–Kier alpha value is -1.51. The Balaban J connectivity index is 2.18. The van der Waals surface area contributed by atoms with Gasteiger partial charge >= 0.3 is 0 Å². The van der Waals surface area contributed by atoms with Crippen LogP contribution in [0.3, 0.4) is 0 Å². The van der Waals surface area contributed by atoms with Gasteiger partial charge in [0.2, 0.25) is 0 Å². The van der Waals surface area contributed by atoms with Crippen LogP contribution in [-0.4, -0.2) is 5.91 Å². The van der Waals surface area contributed by atoms with Gasteiger partial charge in [-0.15, -0.1) is 0 Å². The van der Waals surface area contributed by atoms with E-state index in [9.17, 15) is 4.79 Å². The third-order valence-corrected chi connectivity index (χ3v) is 4.02. The zero-order valence-electron chi connectivity index (χ0n) is 12.2. The van der Waals surface area contributed by atoms with Gasteiger partial charge < -0.3 is 5.32 Å². The predicted molar refractivity (Wildman–Crippen MR) is 89.6 cm³/mol. The molecule has 0 aliphatic heterocycles. The molecule has 110 valence electrons. The van der Waals surface area contributed by atoms with Crippen LogP contribution >= 0.6 is 23.2 Å². The van der Waals surface area contributed by atoms with E-state index in [0.717, 1.165) is 5.69 Å². The van der Waals surface area contributed by atoms with Crippen LogP contribution in [0.25, 0.3) is 0 Å². The topological polar surface area (TPSA) is 29.1 Å². The van der Waals surface area contributed by atoms with Crippen molar-refractivity contribution < 1.29 is 4.79 Å². The second-order valence-corrected chi connectivity index (χ2v) is 6.67. The van der Waals surface area contributed by atoms with Crippen molar-refractivity contribution >= 4 is 34.8 Å². The van der Waals surface area contributed by atoms with E-state index in [2.05, 4.69) is 26.1 Å². The van der Waals surface area contributed by atoms with Gasteiger partial charge in [0.25, 0.3) is 5.91 Å². The van der Waals surface area contributed by atoms with Crippen LogP contribution in [0.1, 0.15) is 36.7 Å². The molecule has 0 saturated carbocycles. The molecule has 21 heavy (non-hydrogen) atoms. The number of hydrogen-bond acceptors (Lipinski definition) is 1. The van der Waals surface area contributed by atoms with Crippen molar-refractivity contribution in [2.24, 2.45) is 0 Å². The molecule has 2 aromatic rings. The van der Waals surface area contributed by atoms with Gasteiger partial charge in [0.15, 0.2) is 0 Å². The lowest BCUT2D eigenvalue weighted by molar-refractivity contribution is 0.102. The van der Waals surface area contributed by atoms with Crippen molar-refractivity contribution in [2.45, 2.75) is 26.2 Å². The number of benzene rings is 2. The van der Waals surface area contributed by atoms with Crippen molar-refractivity contribution in [3.63, 3.8) is 0 Å². The summed E-state index contributed by atoms with van der Waals surface area (Å²) in [6, 6.07) is 12.8. The Morgan fingerprint density at radius 2 is 1.62 bits per heavy atom. The summed E-state index contributed by atoms with van der Waals surface area (Å²) < 4.78 is 0. The molecule has 0 unspecified atom stereocenters. The van der Waals surface area contributed by atoms with Gasteiger partial charge in [0.1, 0.15) is 0 Å². The van der Waals surface area contributed by atoms with Gasteiger partial charge in [-0.3, -0.25) is 4.79 Å². The Bertz CT molecular complexity index is 657. The van der Waals surface area contributed by atoms with Crippen molar-refractivity contribution in [1.29, 1.82) is 0 Å². The quantitative estimate of drug-likeness (QED) is 0.772. The monoisotopic (exact) mass is 321 g/mol. The van der Waals surface area contributed by atoms with E-state index in [1.54, 1.807) is 18.2 Å². The number of hydrogen-bond donors (Lipinski definition) is 1. The largest absolute Gasteiger partial charge is 0.322 e. The van der Waals surface area contributed by atoms with Crippen LogP contribution in [0, 0.1) is 0 Å². The molecule has 0 aliphatic rings. The van der Waals surface area contributed by atoms with Gasteiger partial charge in [-0.2, -0.15) is 0 Å². The van der Waals surface area contributed by atoms with Crippen LogP contribution in [-0.2, 0) is 5.41 Å². The number of halogens is 2. The highest BCUT2D eigenvalue weighted by molar-refractivity contribution is 6.44. The molecule has 2 aromatic carbocycles. The van der Waals surface area contributed by atoms with E-state index in [1.807, 2.05) is 24.3 Å². The molecule has 0 spiro atoms. The van der Waals surface area contributed by atoms with Gasteiger partial charge in [-0.1, -0.05) is 62.2 Å². The molecule has 4 heteroatoms. The van der Waals surface area contributed by atoms with Gasteiger partial charge in [0.05, 0.1) is 15.6 Å². The number of anilines is 1. The number of nitrogens with one attached hydrogen (secondary N) is 1. The minimum atomic E-state index is -0.272. The van der Waals surface area contributed by atoms with Gasteiger partial charge in [0, 0.05) is 5.69 Å². The first-order chi connectivity index (χ1) is 9.79. The summed E-state index contributed by atoms with van der Waals surface area (Å²) in [7, 11) is 0. The summed E-state index contributed by atoms with van der Waals surface area (Å²) >= 11 is 12.0. The molecule has 1 amide bonds. The molecule has 0 radical (unpaired) electrons. The molecule has 0 fully saturated rings. The number of rotatable bonds is 2. The average Bonchev–Trinajstić information content (AvgIpc) is 2.41. The minimum Gasteiger partial charge on any atom is -0.322 e. The summed E-state index contributed by atoms with van der Waals surface area (Å²) in [5.74, 6) is -0.272. The normalized spacial score (nSPS) is 11.3. The molecule has 1 N–H and O–H groups in total. The second kappa shape index (κ2) is 6.08. The molecule has 0 heterocycles. The van der Waals surface area contributed by atoms with E-state index in [0.29, 0.717) is 10.6 Å². The molecule has 0 aromatic heterocycles. The minimum absolute atomic E-state index is 0.0821. The van der Waals surface area contributed by atoms with Crippen molar-refractivity contribution in [2.75, 3.05) is 5.32 Å². The Morgan fingerprint density at radius 1 is 1.00 bits per heavy atom. The summed E-state index contributed by atoms with van der Waals surface area (Å²) in [5, 5.41) is 3.46. The molecule has 0 bridgehead atoms. The molecule has 0 saturated heterocycles. The Labute approximate surface area is 135 Å². The summed E-state index contributed by atoms with van der Waals surface area (Å²) in [5.41, 5.74) is 2.38. The van der Waals surface area contributed by atoms with Crippen LogP contribution in [0.2, 0.25) is 10.0 Å². The number of carbonyl (C=O) groups excluding carboxylic acids is 1. The van der Waals surface area contributed by atoms with Gasteiger partial charge in [-0.25, -0.2) is 0 Å². The van der Waals surface area contributed by atoms with E-state index >= 15 is 0 Å². The molecule has 0 atom stereocenters. The molecular weight excluding hydrogens is 305 g/mol. The lowest BCUT2D eigenvalue weighted by atomic mass is 9.87. The zero-order chi connectivity index (χ0) is 15.6. The SMILES string of the molecule is CC(C)(C)c1ccc(NC(=O)c2cccc(Cl)c2Cl)cc1. The maximum Gasteiger partial charge on any atom is 0.257 e. The van der Waals surface area contributed by atoms with E-state index in [4.69, 9.17) is 23.2 Å². The van der Waals surface area contributed by atoms with Gasteiger partial charge in [-0.05, 0) is 35.2 Å². The first-order valence-corrected chi connectivity index (χ1v) is 7.40. The highest BCUT2D eigenvalue weighted by atomic mass is 35.5. The van der Waals surface area contributed by atoms with Crippen molar-refractivity contribution in [3.05, 3.63) is 63.6 Å². The zero-order valence-corrected chi connectivity index (χ0v) is 13.7. The molecule has 0 aliphatic carbocycles. The number of amides is 1. The average molecular weight is 322 g/mol. The lowest BCUT2D eigenvalue weighted by Gasteiger charge is -2.19. The summed E-state index contributed by atoms with van der Waals surface area (Å²) in [6.45, 7) is 6.44. The first-order valence-electron chi connectivity index (χ1n) is 6.65. The smallest absolute Gasteiger partial charge is 0.257 e. The van der Waals surface area contributed by atoms with Crippen LogP contribution < -0.4 is 5.32 Å².